The third-order valence-corrected chi connectivity index (χ3v) is 3.55. The summed E-state index contributed by atoms with van der Waals surface area (Å²) in [5.41, 5.74) is 6.28. The lowest BCUT2D eigenvalue weighted by molar-refractivity contribution is -0.386. The number of hydrogen-bond acceptors (Lipinski definition) is 4. The Morgan fingerprint density at radius 1 is 1.26 bits per heavy atom. The van der Waals surface area contributed by atoms with Crippen molar-refractivity contribution in [2.45, 2.75) is 51.2 Å². The van der Waals surface area contributed by atoms with E-state index in [1.54, 1.807) is 12.1 Å². The molecule has 0 spiro atoms. The highest BCUT2D eigenvalue weighted by Gasteiger charge is 2.20. The minimum atomic E-state index is -0.398. The second-order valence-corrected chi connectivity index (χ2v) is 4.99. The van der Waals surface area contributed by atoms with E-state index in [9.17, 15) is 10.1 Å². The van der Waals surface area contributed by atoms with Crippen molar-refractivity contribution in [2.24, 2.45) is 5.73 Å². The Kier molecular flexibility index (Phi) is 4.74. The summed E-state index contributed by atoms with van der Waals surface area (Å²) in [7, 11) is 0. The Bertz CT molecular complexity index is 440. The Labute approximate surface area is 112 Å². The second-order valence-electron chi connectivity index (χ2n) is 4.99. The number of nitrogens with zero attached hydrogens (tertiary/aromatic N) is 1. The predicted molar refractivity (Wildman–Crippen MR) is 73.1 cm³/mol. The summed E-state index contributed by atoms with van der Waals surface area (Å²) < 4.78 is 5.84. The lowest BCUT2D eigenvalue weighted by Gasteiger charge is -2.17. The third kappa shape index (κ3) is 3.67. The molecule has 2 N–H and O–H groups in total. The van der Waals surface area contributed by atoms with Gasteiger partial charge in [-0.3, -0.25) is 10.1 Å². The van der Waals surface area contributed by atoms with Gasteiger partial charge < -0.3 is 10.5 Å². The van der Waals surface area contributed by atoms with Gasteiger partial charge in [0.25, 0.3) is 0 Å². The van der Waals surface area contributed by atoms with Gasteiger partial charge in [0.1, 0.15) is 0 Å². The Hall–Kier alpha value is -1.62. The molecule has 1 aliphatic carbocycles. The van der Waals surface area contributed by atoms with Crippen LogP contribution in [0.5, 0.6) is 5.75 Å². The van der Waals surface area contributed by atoms with E-state index in [1.165, 1.54) is 18.9 Å². The van der Waals surface area contributed by atoms with Gasteiger partial charge >= 0.3 is 5.69 Å². The lowest BCUT2D eigenvalue weighted by atomic mass is 10.1. The highest BCUT2D eigenvalue weighted by Crippen LogP contribution is 2.31. The molecular formula is C14H20N2O3. The van der Waals surface area contributed by atoms with Gasteiger partial charge in [0.2, 0.25) is 0 Å². The van der Waals surface area contributed by atoms with Crippen LogP contribution in [0.2, 0.25) is 0 Å². The van der Waals surface area contributed by atoms with Gasteiger partial charge in [0.05, 0.1) is 11.0 Å². The molecule has 0 amide bonds. The number of nitrogens with two attached hydrogens (primary N) is 1. The molecule has 1 saturated carbocycles. The summed E-state index contributed by atoms with van der Waals surface area (Å²) in [6.45, 7) is 0.296. The molecule has 0 aliphatic heterocycles. The van der Waals surface area contributed by atoms with E-state index >= 15 is 0 Å². The van der Waals surface area contributed by atoms with Crippen LogP contribution in [0.1, 0.15) is 44.1 Å². The summed E-state index contributed by atoms with van der Waals surface area (Å²) in [5.74, 6) is 0.370. The van der Waals surface area contributed by atoms with E-state index in [4.69, 9.17) is 10.5 Å². The van der Waals surface area contributed by atoms with Gasteiger partial charge in [0.15, 0.2) is 5.75 Å². The SMILES string of the molecule is NCc1ccc(OC2CCCCCC2)c([N+](=O)[O-])c1. The van der Waals surface area contributed by atoms with Crippen molar-refractivity contribution in [3.05, 3.63) is 33.9 Å². The Morgan fingerprint density at radius 2 is 1.95 bits per heavy atom. The van der Waals surface area contributed by atoms with E-state index in [-0.39, 0.29) is 11.8 Å². The maximum absolute atomic E-state index is 11.1. The molecule has 19 heavy (non-hydrogen) atoms. The quantitative estimate of drug-likeness (QED) is 0.514. The number of nitro benzene ring substituents is 1. The van der Waals surface area contributed by atoms with Crippen molar-refractivity contribution in [1.29, 1.82) is 0 Å². The molecule has 0 unspecified atom stereocenters. The fraction of sp³-hybridized carbons (Fsp3) is 0.571. The maximum Gasteiger partial charge on any atom is 0.311 e. The minimum absolute atomic E-state index is 0.0206. The molecule has 0 bridgehead atoms. The van der Waals surface area contributed by atoms with Gasteiger partial charge in [0, 0.05) is 12.6 Å². The largest absolute Gasteiger partial charge is 0.484 e. The molecule has 1 aromatic carbocycles. The van der Waals surface area contributed by atoms with Crippen molar-refractivity contribution in [3.63, 3.8) is 0 Å². The monoisotopic (exact) mass is 264 g/mol. The summed E-state index contributed by atoms with van der Waals surface area (Å²) in [6, 6.07) is 4.97. The van der Waals surface area contributed by atoms with Crippen LogP contribution >= 0.6 is 0 Å². The average molecular weight is 264 g/mol. The van der Waals surface area contributed by atoms with Crippen LogP contribution in [0.15, 0.2) is 18.2 Å². The Balaban J connectivity index is 2.16. The molecule has 0 heterocycles. The van der Waals surface area contributed by atoms with Crippen molar-refractivity contribution in [1.82, 2.24) is 0 Å². The zero-order valence-corrected chi connectivity index (χ0v) is 11.0. The number of hydrogen-bond donors (Lipinski definition) is 1. The first kappa shape index (κ1) is 13.8. The minimum Gasteiger partial charge on any atom is -0.484 e. The maximum atomic E-state index is 11.1. The third-order valence-electron chi connectivity index (χ3n) is 3.55. The van der Waals surface area contributed by atoms with Crippen LogP contribution in [0, 0.1) is 10.1 Å². The van der Waals surface area contributed by atoms with E-state index in [1.807, 2.05) is 0 Å². The highest BCUT2D eigenvalue weighted by atomic mass is 16.6. The average Bonchev–Trinajstić information content (AvgIpc) is 2.67. The normalized spacial score (nSPS) is 16.9. The van der Waals surface area contributed by atoms with E-state index < -0.39 is 4.92 Å². The molecule has 5 heteroatoms. The molecule has 1 aromatic rings. The second kappa shape index (κ2) is 6.52. The molecule has 1 aliphatic rings. The molecular weight excluding hydrogens is 244 g/mol. The fourth-order valence-corrected chi connectivity index (χ4v) is 2.47. The number of benzene rings is 1. The summed E-state index contributed by atoms with van der Waals surface area (Å²) in [6.07, 6.45) is 6.80. The van der Waals surface area contributed by atoms with Crippen LogP contribution in [0.3, 0.4) is 0 Å². The first-order valence-electron chi connectivity index (χ1n) is 6.84. The van der Waals surface area contributed by atoms with Gasteiger partial charge in [-0.2, -0.15) is 0 Å². The fourth-order valence-electron chi connectivity index (χ4n) is 2.47. The molecule has 2 rings (SSSR count). The number of nitro groups is 1. The van der Waals surface area contributed by atoms with Crippen molar-refractivity contribution < 1.29 is 9.66 Å². The topological polar surface area (TPSA) is 78.4 Å². The lowest BCUT2D eigenvalue weighted by Crippen LogP contribution is -2.16. The van der Waals surface area contributed by atoms with Gasteiger partial charge in [-0.05, 0) is 37.3 Å². The van der Waals surface area contributed by atoms with E-state index in [0.717, 1.165) is 31.2 Å². The van der Waals surface area contributed by atoms with Gasteiger partial charge in [-0.15, -0.1) is 0 Å². The summed E-state index contributed by atoms with van der Waals surface area (Å²) in [4.78, 5) is 10.7. The van der Waals surface area contributed by atoms with Crippen LogP contribution < -0.4 is 10.5 Å². The Morgan fingerprint density at radius 3 is 2.53 bits per heavy atom. The van der Waals surface area contributed by atoms with Crippen LogP contribution in [0.4, 0.5) is 5.69 Å². The molecule has 0 radical (unpaired) electrons. The van der Waals surface area contributed by atoms with Crippen molar-refractivity contribution in [3.8, 4) is 5.75 Å². The van der Waals surface area contributed by atoms with E-state index in [0.29, 0.717) is 12.3 Å². The van der Waals surface area contributed by atoms with Crippen LogP contribution in [-0.2, 0) is 6.54 Å². The first-order chi connectivity index (χ1) is 9.20. The molecule has 0 saturated heterocycles. The van der Waals surface area contributed by atoms with Gasteiger partial charge in [-0.1, -0.05) is 18.9 Å². The number of ether oxygens (including phenoxy) is 1. The van der Waals surface area contributed by atoms with Crippen molar-refractivity contribution >= 4 is 5.69 Å². The molecule has 104 valence electrons. The van der Waals surface area contributed by atoms with E-state index in [2.05, 4.69) is 0 Å². The number of rotatable bonds is 4. The summed E-state index contributed by atoms with van der Waals surface area (Å²) in [5, 5.41) is 11.1. The predicted octanol–water partition coefficient (Wildman–Crippen LogP) is 3.16. The molecule has 0 atom stereocenters. The molecule has 1 fully saturated rings. The zero-order chi connectivity index (χ0) is 13.7. The molecule has 0 aromatic heterocycles. The molecule has 5 nitrogen and oxygen atoms in total. The standard InChI is InChI=1S/C14H20N2O3/c15-10-11-7-8-14(13(9-11)16(17)18)19-12-5-3-1-2-4-6-12/h7-9,12H,1-6,10,15H2. The van der Waals surface area contributed by atoms with Crippen molar-refractivity contribution in [2.75, 3.05) is 0 Å². The van der Waals surface area contributed by atoms with Crippen LogP contribution in [0.25, 0.3) is 0 Å². The summed E-state index contributed by atoms with van der Waals surface area (Å²) >= 11 is 0. The highest BCUT2D eigenvalue weighted by molar-refractivity contribution is 5.48. The van der Waals surface area contributed by atoms with Gasteiger partial charge in [-0.25, -0.2) is 0 Å². The smallest absolute Gasteiger partial charge is 0.311 e. The first-order valence-corrected chi connectivity index (χ1v) is 6.84. The van der Waals surface area contributed by atoms with Crippen LogP contribution in [-0.4, -0.2) is 11.0 Å². The zero-order valence-electron chi connectivity index (χ0n) is 11.0.